The van der Waals surface area contributed by atoms with E-state index in [-0.39, 0.29) is 17.2 Å². The molecule has 0 radical (unpaired) electrons. The monoisotopic (exact) mass is 276 g/mol. The van der Waals surface area contributed by atoms with Crippen molar-refractivity contribution < 1.29 is 13.6 Å². The van der Waals surface area contributed by atoms with Crippen LogP contribution in [0.15, 0.2) is 23.8 Å². The van der Waals surface area contributed by atoms with E-state index in [1.54, 1.807) is 6.07 Å². The fraction of sp³-hybridized carbons (Fsp3) is 0.333. The first-order valence-corrected chi connectivity index (χ1v) is 6.48. The summed E-state index contributed by atoms with van der Waals surface area (Å²) < 4.78 is 26.3. The number of hydrogen-bond donors (Lipinski definition) is 1. The molecule has 1 saturated carbocycles. The lowest BCUT2D eigenvalue weighted by molar-refractivity contribution is -0.117. The Kier molecular flexibility index (Phi) is 4.46. The molecule has 0 bridgehead atoms. The first-order chi connectivity index (χ1) is 9.60. The van der Waals surface area contributed by atoms with E-state index in [4.69, 9.17) is 5.26 Å². The smallest absolute Gasteiger partial charge is 0.262 e. The largest absolute Gasteiger partial charge is 0.349 e. The van der Waals surface area contributed by atoms with Crippen molar-refractivity contribution in [3.63, 3.8) is 0 Å². The van der Waals surface area contributed by atoms with Gasteiger partial charge in [-0.05, 0) is 31.1 Å². The Morgan fingerprint density at radius 1 is 1.35 bits per heavy atom. The molecule has 1 aliphatic rings. The van der Waals surface area contributed by atoms with Crippen LogP contribution in [0.2, 0.25) is 0 Å². The second kappa shape index (κ2) is 6.29. The van der Waals surface area contributed by atoms with Gasteiger partial charge in [-0.2, -0.15) is 5.26 Å². The van der Waals surface area contributed by atoms with E-state index in [9.17, 15) is 13.6 Å². The molecular formula is C15H14F2N2O. The number of halogens is 2. The van der Waals surface area contributed by atoms with E-state index in [1.807, 2.05) is 0 Å². The molecule has 5 heteroatoms. The molecule has 2 rings (SSSR count). The van der Waals surface area contributed by atoms with Crippen LogP contribution in [0.3, 0.4) is 0 Å². The lowest BCUT2D eigenvalue weighted by Gasteiger charge is -2.11. The molecule has 1 N–H and O–H groups in total. The second-order valence-corrected chi connectivity index (χ2v) is 4.79. The topological polar surface area (TPSA) is 52.9 Å². The van der Waals surface area contributed by atoms with Gasteiger partial charge in [0.05, 0.1) is 0 Å². The molecule has 0 aromatic heterocycles. The van der Waals surface area contributed by atoms with E-state index >= 15 is 0 Å². The van der Waals surface area contributed by atoms with Gasteiger partial charge in [0.15, 0.2) is 0 Å². The third-order valence-electron chi connectivity index (χ3n) is 3.32. The Morgan fingerprint density at radius 3 is 2.65 bits per heavy atom. The molecule has 1 amide bonds. The van der Waals surface area contributed by atoms with Gasteiger partial charge in [0.25, 0.3) is 5.91 Å². The highest BCUT2D eigenvalue weighted by atomic mass is 19.1. The van der Waals surface area contributed by atoms with Crippen LogP contribution in [-0.4, -0.2) is 11.9 Å². The van der Waals surface area contributed by atoms with Gasteiger partial charge in [0.2, 0.25) is 0 Å². The first-order valence-electron chi connectivity index (χ1n) is 6.48. The van der Waals surface area contributed by atoms with Crippen LogP contribution < -0.4 is 5.32 Å². The summed E-state index contributed by atoms with van der Waals surface area (Å²) in [5.41, 5.74) is -0.160. The van der Waals surface area contributed by atoms with E-state index in [0.717, 1.165) is 43.9 Å². The molecule has 1 aromatic carbocycles. The molecule has 0 saturated heterocycles. The van der Waals surface area contributed by atoms with Crippen molar-refractivity contribution in [1.82, 2.24) is 5.32 Å². The zero-order valence-electron chi connectivity index (χ0n) is 10.8. The molecule has 0 atom stereocenters. The zero-order valence-corrected chi connectivity index (χ0v) is 10.8. The third kappa shape index (κ3) is 3.41. The quantitative estimate of drug-likeness (QED) is 0.681. The van der Waals surface area contributed by atoms with Gasteiger partial charge < -0.3 is 5.32 Å². The van der Waals surface area contributed by atoms with E-state index in [2.05, 4.69) is 5.32 Å². The summed E-state index contributed by atoms with van der Waals surface area (Å²) in [5, 5.41) is 11.8. The third-order valence-corrected chi connectivity index (χ3v) is 3.32. The molecule has 0 unspecified atom stereocenters. The summed E-state index contributed by atoms with van der Waals surface area (Å²) in [7, 11) is 0. The fourth-order valence-electron chi connectivity index (χ4n) is 2.26. The second-order valence-electron chi connectivity index (χ2n) is 4.79. The maximum Gasteiger partial charge on any atom is 0.262 e. The highest BCUT2D eigenvalue weighted by Crippen LogP contribution is 2.19. The van der Waals surface area contributed by atoms with E-state index in [0.29, 0.717) is 0 Å². The molecule has 104 valence electrons. The Bertz CT molecular complexity index is 584. The summed E-state index contributed by atoms with van der Waals surface area (Å²) in [5.74, 6) is -2.01. The summed E-state index contributed by atoms with van der Waals surface area (Å²) in [4.78, 5) is 11.9. The Balaban J connectivity index is 2.16. The standard InChI is InChI=1S/C15H14F2N2O/c16-12-6-5-10(14(17)8-12)7-11(9-18)15(20)19-13-3-1-2-4-13/h5-8,13H,1-4H2,(H,19,20)/b11-7-. The number of rotatable bonds is 3. The van der Waals surface area contributed by atoms with Crippen molar-refractivity contribution in [2.75, 3.05) is 0 Å². The molecule has 1 aliphatic carbocycles. The van der Waals surface area contributed by atoms with Crippen LogP contribution >= 0.6 is 0 Å². The number of amides is 1. The Labute approximate surface area is 115 Å². The van der Waals surface area contributed by atoms with Crippen LogP contribution in [0, 0.1) is 23.0 Å². The Morgan fingerprint density at radius 2 is 2.05 bits per heavy atom. The van der Waals surface area contributed by atoms with Gasteiger partial charge >= 0.3 is 0 Å². The molecule has 3 nitrogen and oxygen atoms in total. The van der Waals surface area contributed by atoms with E-state index in [1.165, 1.54) is 6.07 Å². The predicted octanol–water partition coefficient (Wildman–Crippen LogP) is 2.93. The summed E-state index contributed by atoms with van der Waals surface area (Å²) in [6.07, 6.45) is 5.05. The molecule has 1 aromatic rings. The van der Waals surface area contributed by atoms with Crippen LogP contribution in [-0.2, 0) is 4.79 Å². The van der Waals surface area contributed by atoms with Crippen molar-refractivity contribution in [2.24, 2.45) is 0 Å². The van der Waals surface area contributed by atoms with Crippen LogP contribution in [0.25, 0.3) is 6.08 Å². The number of benzene rings is 1. The Hall–Kier alpha value is -2.22. The molecule has 0 aliphatic heterocycles. The normalized spacial score (nSPS) is 15.9. The van der Waals surface area contributed by atoms with Crippen molar-refractivity contribution in [2.45, 2.75) is 31.7 Å². The van der Waals surface area contributed by atoms with Gasteiger partial charge in [0, 0.05) is 17.7 Å². The van der Waals surface area contributed by atoms with Crippen molar-refractivity contribution in [3.05, 3.63) is 41.0 Å². The van der Waals surface area contributed by atoms with Gasteiger partial charge in [0.1, 0.15) is 23.3 Å². The maximum absolute atomic E-state index is 13.5. The molecule has 20 heavy (non-hydrogen) atoms. The maximum atomic E-state index is 13.5. The zero-order chi connectivity index (χ0) is 14.5. The highest BCUT2D eigenvalue weighted by molar-refractivity contribution is 6.01. The lowest BCUT2D eigenvalue weighted by atomic mass is 10.1. The number of hydrogen-bond acceptors (Lipinski definition) is 2. The van der Waals surface area contributed by atoms with Gasteiger partial charge in [-0.25, -0.2) is 8.78 Å². The number of nitrogens with one attached hydrogen (secondary N) is 1. The number of nitriles is 1. The van der Waals surface area contributed by atoms with Crippen molar-refractivity contribution in [1.29, 1.82) is 5.26 Å². The van der Waals surface area contributed by atoms with Gasteiger partial charge in [-0.15, -0.1) is 0 Å². The predicted molar refractivity (Wildman–Crippen MR) is 70.3 cm³/mol. The minimum atomic E-state index is -0.800. The first kappa shape index (κ1) is 14.2. The van der Waals surface area contributed by atoms with Crippen molar-refractivity contribution >= 4 is 12.0 Å². The molecular weight excluding hydrogens is 262 g/mol. The average molecular weight is 276 g/mol. The number of carbonyl (C=O) groups is 1. The van der Waals surface area contributed by atoms with Crippen LogP contribution in [0.5, 0.6) is 0 Å². The molecule has 0 spiro atoms. The minimum absolute atomic E-state index is 0.0181. The molecule has 0 heterocycles. The lowest BCUT2D eigenvalue weighted by Crippen LogP contribution is -2.33. The fourth-order valence-corrected chi connectivity index (χ4v) is 2.26. The highest BCUT2D eigenvalue weighted by Gasteiger charge is 2.19. The van der Waals surface area contributed by atoms with Gasteiger partial charge in [-0.1, -0.05) is 12.8 Å². The number of carbonyl (C=O) groups excluding carboxylic acids is 1. The van der Waals surface area contributed by atoms with E-state index < -0.39 is 17.5 Å². The average Bonchev–Trinajstić information content (AvgIpc) is 2.90. The van der Waals surface area contributed by atoms with Gasteiger partial charge in [-0.3, -0.25) is 4.79 Å². The van der Waals surface area contributed by atoms with Crippen LogP contribution in [0.4, 0.5) is 8.78 Å². The SMILES string of the molecule is N#C/C(=C/c1ccc(F)cc1F)C(=O)NC1CCCC1. The number of nitrogens with zero attached hydrogens (tertiary/aromatic N) is 1. The summed E-state index contributed by atoms with van der Waals surface area (Å²) in [6, 6.07) is 4.83. The summed E-state index contributed by atoms with van der Waals surface area (Å²) >= 11 is 0. The summed E-state index contributed by atoms with van der Waals surface area (Å²) in [6.45, 7) is 0. The minimum Gasteiger partial charge on any atom is -0.349 e. The van der Waals surface area contributed by atoms with Crippen LogP contribution in [0.1, 0.15) is 31.2 Å². The molecule has 1 fully saturated rings. The van der Waals surface area contributed by atoms with Crippen molar-refractivity contribution in [3.8, 4) is 6.07 Å².